The molecule has 42 heavy (non-hydrogen) atoms. The Labute approximate surface area is 252 Å². The second-order valence-electron chi connectivity index (χ2n) is 14.3. The van der Waals surface area contributed by atoms with Crippen LogP contribution >= 0.6 is 0 Å². The molecule has 0 aliphatic heterocycles. The first-order chi connectivity index (χ1) is 19.8. The van der Waals surface area contributed by atoms with Gasteiger partial charge in [0, 0.05) is 19.3 Å². The van der Waals surface area contributed by atoms with Crippen molar-refractivity contribution in [2.75, 3.05) is 0 Å². The number of fused-ring (bicyclic) bond motifs is 4. The Morgan fingerprint density at radius 3 is 2.21 bits per heavy atom. The van der Waals surface area contributed by atoms with Gasteiger partial charge < -0.3 is 4.74 Å². The second kappa shape index (κ2) is 11.7. The standard InChI is InChI=1S/C36H46N4O2/c1-22(2)23(3)8-9-24(4)29-10-11-30-33-31(13-15-35(29,30)7)34(6)14-12-28(42-25(5)41)16-26(34)17-32(33)36(20-39,21-40)27(18-37)19-38/h8-9,17,22-24,27-29,31-32H,10-16H2,1-7H3/b9-8+/t23-,24+,28+,29+,31+,32-,34+,35-/m0/s1. The van der Waals surface area contributed by atoms with E-state index in [2.05, 4.69) is 71.9 Å². The molecule has 0 heterocycles. The van der Waals surface area contributed by atoms with Gasteiger partial charge in [-0.2, -0.15) is 21.0 Å². The van der Waals surface area contributed by atoms with Gasteiger partial charge in [0.1, 0.15) is 6.10 Å². The Morgan fingerprint density at radius 1 is 1.00 bits per heavy atom. The molecule has 0 unspecified atom stereocenters. The van der Waals surface area contributed by atoms with E-state index in [1.807, 2.05) is 12.1 Å². The molecule has 0 N–H and O–H groups in total. The average molecular weight is 567 g/mol. The van der Waals surface area contributed by atoms with Gasteiger partial charge in [-0.15, -0.1) is 0 Å². The predicted octanol–water partition coefficient (Wildman–Crippen LogP) is 7.97. The highest BCUT2D eigenvalue weighted by Gasteiger charge is 2.60. The van der Waals surface area contributed by atoms with Crippen LogP contribution in [0.1, 0.15) is 93.4 Å². The first-order valence-electron chi connectivity index (χ1n) is 15.7. The molecule has 8 atom stereocenters. The van der Waals surface area contributed by atoms with Gasteiger partial charge in [-0.25, -0.2) is 0 Å². The highest BCUT2D eigenvalue weighted by atomic mass is 16.5. The van der Waals surface area contributed by atoms with Crippen molar-refractivity contribution >= 4 is 5.97 Å². The Hall–Kier alpha value is -3.35. The number of carbonyl (C=O) groups is 1. The Kier molecular flexibility index (Phi) is 8.82. The third-order valence-electron chi connectivity index (χ3n) is 11.8. The van der Waals surface area contributed by atoms with Crippen LogP contribution in [0, 0.1) is 103 Å². The van der Waals surface area contributed by atoms with Gasteiger partial charge in [0.25, 0.3) is 0 Å². The zero-order valence-electron chi connectivity index (χ0n) is 26.4. The molecular formula is C36H46N4O2. The van der Waals surface area contributed by atoms with E-state index in [1.54, 1.807) is 0 Å². The van der Waals surface area contributed by atoms with Crippen LogP contribution < -0.4 is 0 Å². The maximum absolute atomic E-state index is 11.8. The highest BCUT2D eigenvalue weighted by Crippen LogP contribution is 2.67. The topological polar surface area (TPSA) is 121 Å². The molecule has 0 aromatic rings. The molecule has 0 bridgehead atoms. The second-order valence-corrected chi connectivity index (χ2v) is 14.3. The average Bonchev–Trinajstić information content (AvgIpc) is 3.31. The predicted molar refractivity (Wildman–Crippen MR) is 160 cm³/mol. The zero-order chi connectivity index (χ0) is 31.0. The molecule has 4 aliphatic carbocycles. The largest absolute Gasteiger partial charge is 0.462 e. The van der Waals surface area contributed by atoms with E-state index in [0.29, 0.717) is 30.1 Å². The first-order valence-corrected chi connectivity index (χ1v) is 15.7. The fraction of sp³-hybridized carbons (Fsp3) is 0.694. The molecule has 0 radical (unpaired) electrons. The van der Waals surface area contributed by atoms with Crippen molar-refractivity contribution in [3.8, 4) is 24.3 Å². The van der Waals surface area contributed by atoms with Crippen molar-refractivity contribution in [2.45, 2.75) is 99.5 Å². The summed E-state index contributed by atoms with van der Waals surface area (Å²) < 4.78 is 5.63. The summed E-state index contributed by atoms with van der Waals surface area (Å²) >= 11 is 0. The maximum atomic E-state index is 11.8. The molecule has 0 aromatic heterocycles. The summed E-state index contributed by atoms with van der Waals surface area (Å²) in [7, 11) is 0. The number of ether oxygens (including phenoxy) is 1. The minimum absolute atomic E-state index is 0.0724. The quantitative estimate of drug-likeness (QED) is 0.227. The molecule has 6 heteroatoms. The number of allylic oxidation sites excluding steroid dienone is 5. The Morgan fingerprint density at radius 2 is 1.64 bits per heavy atom. The van der Waals surface area contributed by atoms with Crippen LogP contribution in [-0.2, 0) is 9.53 Å². The lowest BCUT2D eigenvalue weighted by atomic mass is 9.47. The van der Waals surface area contributed by atoms with Crippen LogP contribution in [0.25, 0.3) is 0 Å². The molecule has 2 fully saturated rings. The maximum Gasteiger partial charge on any atom is 0.302 e. The number of nitrogens with zero attached hydrogens (tertiary/aromatic N) is 4. The smallest absolute Gasteiger partial charge is 0.302 e. The number of hydrogen-bond acceptors (Lipinski definition) is 6. The molecule has 6 nitrogen and oxygen atoms in total. The van der Waals surface area contributed by atoms with Crippen LogP contribution in [0.2, 0.25) is 0 Å². The third kappa shape index (κ3) is 4.99. The Bertz CT molecular complexity index is 1330. The molecule has 2 saturated carbocycles. The monoisotopic (exact) mass is 566 g/mol. The number of carbonyl (C=O) groups excluding carboxylic acids is 1. The molecule has 4 aliphatic rings. The molecule has 0 spiro atoms. The summed E-state index contributed by atoms with van der Waals surface area (Å²) in [4.78, 5) is 11.8. The van der Waals surface area contributed by atoms with Gasteiger partial charge in [0.15, 0.2) is 11.3 Å². The van der Waals surface area contributed by atoms with E-state index in [0.717, 1.165) is 49.7 Å². The van der Waals surface area contributed by atoms with E-state index >= 15 is 0 Å². The van der Waals surface area contributed by atoms with Crippen molar-refractivity contribution in [1.29, 1.82) is 21.0 Å². The van der Waals surface area contributed by atoms with Crippen molar-refractivity contribution in [1.82, 2.24) is 0 Å². The van der Waals surface area contributed by atoms with Gasteiger partial charge in [0.05, 0.1) is 24.3 Å². The van der Waals surface area contributed by atoms with Gasteiger partial charge in [-0.1, -0.05) is 76.5 Å². The molecule has 0 amide bonds. The van der Waals surface area contributed by atoms with E-state index in [-0.39, 0.29) is 28.8 Å². The summed E-state index contributed by atoms with van der Waals surface area (Å²) in [5.41, 5.74) is 1.53. The van der Waals surface area contributed by atoms with Crippen molar-refractivity contribution in [2.24, 2.45) is 57.7 Å². The number of nitriles is 4. The van der Waals surface area contributed by atoms with Crippen LogP contribution in [0.3, 0.4) is 0 Å². The number of hydrogen-bond donors (Lipinski definition) is 0. The third-order valence-corrected chi connectivity index (χ3v) is 11.8. The fourth-order valence-corrected chi connectivity index (χ4v) is 8.93. The minimum atomic E-state index is -1.82. The fourth-order valence-electron chi connectivity index (χ4n) is 8.93. The van der Waals surface area contributed by atoms with Crippen molar-refractivity contribution in [3.05, 3.63) is 34.9 Å². The summed E-state index contributed by atoms with van der Waals surface area (Å²) in [5.74, 6) is -0.315. The van der Waals surface area contributed by atoms with Crippen LogP contribution in [0.4, 0.5) is 0 Å². The summed E-state index contributed by atoms with van der Waals surface area (Å²) in [6.07, 6.45) is 12.7. The Balaban J connectivity index is 1.90. The van der Waals surface area contributed by atoms with Gasteiger partial charge in [0.2, 0.25) is 0 Å². The highest BCUT2D eigenvalue weighted by molar-refractivity contribution is 5.66. The minimum Gasteiger partial charge on any atom is -0.462 e. The van der Waals surface area contributed by atoms with Gasteiger partial charge in [-0.05, 0) is 78.9 Å². The van der Waals surface area contributed by atoms with Crippen LogP contribution in [-0.4, -0.2) is 12.1 Å². The summed E-state index contributed by atoms with van der Waals surface area (Å²) in [6, 6.07) is 8.42. The lowest BCUT2D eigenvalue weighted by Gasteiger charge is -2.56. The van der Waals surface area contributed by atoms with Crippen molar-refractivity contribution in [3.63, 3.8) is 0 Å². The zero-order valence-corrected chi connectivity index (χ0v) is 26.4. The normalized spacial score (nSPS) is 33.8. The summed E-state index contributed by atoms with van der Waals surface area (Å²) in [6.45, 7) is 15.2. The van der Waals surface area contributed by atoms with Crippen LogP contribution in [0.5, 0.6) is 0 Å². The molecular weight excluding hydrogens is 520 g/mol. The SMILES string of the molecule is CC(=O)O[C@@H]1CC[C@]2(C)C(=C[C@H](C(C#N)(C#N)C(C#N)C#N)C3=C4CC[C@H]([C@H](C)/C=C/[C@H](C)C(C)C)[C@]4(C)CC[C@H]32)C1. The lowest BCUT2D eigenvalue weighted by Crippen LogP contribution is -2.49. The van der Waals surface area contributed by atoms with Crippen molar-refractivity contribution < 1.29 is 9.53 Å². The molecule has 222 valence electrons. The van der Waals surface area contributed by atoms with E-state index in [1.165, 1.54) is 12.5 Å². The number of esters is 1. The van der Waals surface area contributed by atoms with Crippen LogP contribution in [0.15, 0.2) is 34.9 Å². The van der Waals surface area contributed by atoms with E-state index in [4.69, 9.17) is 4.74 Å². The number of rotatable bonds is 7. The first kappa shape index (κ1) is 31.6. The summed E-state index contributed by atoms with van der Waals surface area (Å²) in [5, 5.41) is 41.2. The lowest BCUT2D eigenvalue weighted by molar-refractivity contribution is -0.148. The molecule has 0 aromatic carbocycles. The molecule has 4 rings (SSSR count). The van der Waals surface area contributed by atoms with Gasteiger partial charge >= 0.3 is 5.97 Å². The van der Waals surface area contributed by atoms with Gasteiger partial charge in [-0.3, -0.25) is 4.79 Å². The van der Waals surface area contributed by atoms with E-state index < -0.39 is 17.3 Å². The molecule has 0 saturated heterocycles. The van der Waals surface area contributed by atoms with E-state index in [9.17, 15) is 25.8 Å².